The van der Waals surface area contributed by atoms with Gasteiger partial charge in [0.1, 0.15) is 0 Å². The summed E-state index contributed by atoms with van der Waals surface area (Å²) in [5, 5.41) is 3.77. The van der Waals surface area contributed by atoms with Gasteiger partial charge in [-0.3, -0.25) is 0 Å². The zero-order chi connectivity index (χ0) is 11.5. The van der Waals surface area contributed by atoms with Crippen LogP contribution in [0.1, 0.15) is 24.3 Å². The lowest BCUT2D eigenvalue weighted by Gasteiger charge is -2.24. The van der Waals surface area contributed by atoms with Crippen molar-refractivity contribution in [2.24, 2.45) is 0 Å². The summed E-state index contributed by atoms with van der Waals surface area (Å²) in [5.41, 5.74) is 1.56. The molecule has 3 rings (SSSR count). The fourth-order valence-electron chi connectivity index (χ4n) is 2.61. The third kappa shape index (κ3) is 2.83. The van der Waals surface area contributed by atoms with E-state index in [2.05, 4.69) is 41.3 Å². The summed E-state index contributed by atoms with van der Waals surface area (Å²) >= 11 is 4.12. The van der Waals surface area contributed by atoms with Crippen molar-refractivity contribution in [3.8, 4) is 0 Å². The molecular formula is C14H19NS2. The quantitative estimate of drug-likeness (QED) is 0.900. The highest BCUT2D eigenvalue weighted by atomic mass is 32.2. The molecule has 1 N–H and O–H groups in total. The second-order valence-corrected chi connectivity index (χ2v) is 7.08. The van der Waals surface area contributed by atoms with Crippen LogP contribution in [0, 0.1) is 0 Å². The minimum absolute atomic E-state index is 0.725. The first-order valence-corrected chi connectivity index (χ1v) is 8.60. The fourth-order valence-corrected chi connectivity index (χ4v) is 4.97. The van der Waals surface area contributed by atoms with Crippen LogP contribution in [0.25, 0.3) is 0 Å². The molecule has 2 atom stereocenters. The lowest BCUT2D eigenvalue weighted by Crippen LogP contribution is -2.36. The van der Waals surface area contributed by atoms with E-state index >= 15 is 0 Å². The van der Waals surface area contributed by atoms with Gasteiger partial charge in [-0.25, -0.2) is 0 Å². The monoisotopic (exact) mass is 265 g/mol. The van der Waals surface area contributed by atoms with Crippen molar-refractivity contribution < 1.29 is 0 Å². The molecule has 2 unspecified atom stereocenters. The van der Waals surface area contributed by atoms with E-state index in [0.717, 1.165) is 18.5 Å². The topological polar surface area (TPSA) is 12.0 Å². The third-order valence-electron chi connectivity index (χ3n) is 3.61. The number of rotatable bonds is 3. The highest BCUT2D eigenvalue weighted by molar-refractivity contribution is 7.99. The van der Waals surface area contributed by atoms with Crippen LogP contribution < -0.4 is 5.32 Å². The van der Waals surface area contributed by atoms with E-state index < -0.39 is 0 Å². The molecule has 0 bridgehead atoms. The zero-order valence-electron chi connectivity index (χ0n) is 10.0. The van der Waals surface area contributed by atoms with Gasteiger partial charge in [0.15, 0.2) is 0 Å². The number of hydrogen-bond acceptors (Lipinski definition) is 3. The van der Waals surface area contributed by atoms with Gasteiger partial charge in [-0.2, -0.15) is 11.8 Å². The largest absolute Gasteiger partial charge is 0.313 e. The molecular weight excluding hydrogens is 246 g/mol. The molecule has 0 radical (unpaired) electrons. The van der Waals surface area contributed by atoms with E-state index in [9.17, 15) is 0 Å². The molecule has 17 heavy (non-hydrogen) atoms. The van der Waals surface area contributed by atoms with E-state index in [1.165, 1.54) is 35.0 Å². The highest BCUT2D eigenvalue weighted by Crippen LogP contribution is 2.38. The molecule has 0 aliphatic carbocycles. The Morgan fingerprint density at radius 1 is 1.24 bits per heavy atom. The van der Waals surface area contributed by atoms with Crippen LogP contribution in [0.15, 0.2) is 29.2 Å². The summed E-state index contributed by atoms with van der Waals surface area (Å²) in [6.07, 6.45) is 2.76. The highest BCUT2D eigenvalue weighted by Gasteiger charge is 2.23. The van der Waals surface area contributed by atoms with Crippen molar-refractivity contribution in [1.29, 1.82) is 0 Å². The molecule has 0 spiro atoms. The van der Waals surface area contributed by atoms with Gasteiger partial charge in [0.05, 0.1) is 0 Å². The molecule has 2 aliphatic rings. The SMILES string of the molecule is c1ccc2c(c1)SCC2CNC1CCCSC1. The van der Waals surface area contributed by atoms with Gasteiger partial charge in [0, 0.05) is 34.9 Å². The van der Waals surface area contributed by atoms with Crippen molar-refractivity contribution in [1.82, 2.24) is 5.32 Å². The number of nitrogens with one attached hydrogen (secondary N) is 1. The van der Waals surface area contributed by atoms with Gasteiger partial charge in [-0.05, 0) is 30.2 Å². The maximum absolute atomic E-state index is 3.77. The Balaban J connectivity index is 1.56. The predicted molar refractivity (Wildman–Crippen MR) is 78.3 cm³/mol. The van der Waals surface area contributed by atoms with Crippen LogP contribution in [0.3, 0.4) is 0 Å². The molecule has 2 heterocycles. The van der Waals surface area contributed by atoms with Gasteiger partial charge in [-0.1, -0.05) is 18.2 Å². The molecule has 0 saturated carbocycles. The molecule has 1 nitrogen and oxygen atoms in total. The van der Waals surface area contributed by atoms with Crippen molar-refractivity contribution in [2.75, 3.05) is 23.8 Å². The van der Waals surface area contributed by atoms with Crippen LogP contribution in [-0.4, -0.2) is 29.8 Å². The maximum atomic E-state index is 3.77. The predicted octanol–water partition coefficient (Wildman–Crippen LogP) is 3.36. The molecule has 2 aliphatic heterocycles. The van der Waals surface area contributed by atoms with Gasteiger partial charge in [0.2, 0.25) is 0 Å². The number of benzene rings is 1. The summed E-state index contributed by atoms with van der Waals surface area (Å²) in [6.45, 7) is 1.16. The lowest BCUT2D eigenvalue weighted by molar-refractivity contribution is 0.490. The van der Waals surface area contributed by atoms with E-state index in [-0.39, 0.29) is 0 Å². The summed E-state index contributed by atoms with van der Waals surface area (Å²) in [7, 11) is 0. The molecule has 0 amide bonds. The zero-order valence-corrected chi connectivity index (χ0v) is 11.7. The second kappa shape index (κ2) is 5.68. The van der Waals surface area contributed by atoms with Crippen molar-refractivity contribution in [3.63, 3.8) is 0 Å². The minimum Gasteiger partial charge on any atom is -0.313 e. The van der Waals surface area contributed by atoms with Crippen LogP contribution in [-0.2, 0) is 0 Å². The number of fused-ring (bicyclic) bond motifs is 1. The summed E-state index contributed by atoms with van der Waals surface area (Å²) < 4.78 is 0. The van der Waals surface area contributed by atoms with Crippen molar-refractivity contribution >= 4 is 23.5 Å². The van der Waals surface area contributed by atoms with E-state index in [1.807, 2.05) is 11.8 Å². The Hall–Kier alpha value is -0.120. The van der Waals surface area contributed by atoms with Crippen LogP contribution in [0.5, 0.6) is 0 Å². The molecule has 3 heteroatoms. The first kappa shape index (κ1) is 11.9. The summed E-state index contributed by atoms with van der Waals surface area (Å²) in [6, 6.07) is 9.65. The van der Waals surface area contributed by atoms with Crippen LogP contribution in [0.2, 0.25) is 0 Å². The van der Waals surface area contributed by atoms with E-state index in [4.69, 9.17) is 0 Å². The van der Waals surface area contributed by atoms with Gasteiger partial charge in [0.25, 0.3) is 0 Å². The Kier molecular flexibility index (Phi) is 3.99. The molecule has 1 fully saturated rings. The average Bonchev–Trinajstić information content (AvgIpc) is 2.81. The fraction of sp³-hybridized carbons (Fsp3) is 0.571. The van der Waals surface area contributed by atoms with E-state index in [1.54, 1.807) is 5.56 Å². The maximum Gasteiger partial charge on any atom is 0.0158 e. The molecule has 1 aromatic rings. The van der Waals surface area contributed by atoms with Crippen molar-refractivity contribution in [3.05, 3.63) is 29.8 Å². The molecule has 0 aromatic heterocycles. The standard InChI is InChI=1S/C14H19NS2/c1-2-6-14-13(5-1)11(9-17-14)8-15-12-4-3-7-16-10-12/h1-2,5-6,11-12,15H,3-4,7-10H2. The van der Waals surface area contributed by atoms with Gasteiger partial charge in [-0.15, -0.1) is 11.8 Å². The average molecular weight is 265 g/mol. The Morgan fingerprint density at radius 3 is 3.06 bits per heavy atom. The molecule has 1 aromatic carbocycles. The van der Waals surface area contributed by atoms with Crippen LogP contribution >= 0.6 is 23.5 Å². The Bertz CT molecular complexity index is 374. The van der Waals surface area contributed by atoms with Crippen LogP contribution in [0.4, 0.5) is 0 Å². The van der Waals surface area contributed by atoms with Gasteiger partial charge < -0.3 is 5.32 Å². The lowest BCUT2D eigenvalue weighted by atomic mass is 10.0. The summed E-state index contributed by atoms with van der Waals surface area (Å²) in [5.74, 6) is 4.65. The molecule has 1 saturated heterocycles. The Morgan fingerprint density at radius 2 is 2.18 bits per heavy atom. The first-order chi connectivity index (χ1) is 8.43. The van der Waals surface area contributed by atoms with Gasteiger partial charge >= 0.3 is 0 Å². The normalized spacial score (nSPS) is 28.0. The minimum atomic E-state index is 0.725. The summed E-state index contributed by atoms with van der Waals surface area (Å²) in [4.78, 5) is 1.50. The second-order valence-electron chi connectivity index (χ2n) is 4.87. The molecule has 92 valence electrons. The third-order valence-corrected chi connectivity index (χ3v) is 6.08. The smallest absolute Gasteiger partial charge is 0.0158 e. The number of thioether (sulfide) groups is 2. The van der Waals surface area contributed by atoms with Crippen molar-refractivity contribution in [2.45, 2.75) is 29.7 Å². The number of hydrogen-bond donors (Lipinski definition) is 1. The first-order valence-electron chi connectivity index (χ1n) is 6.46. The Labute approximate surface area is 112 Å². The van der Waals surface area contributed by atoms with E-state index in [0.29, 0.717) is 0 Å².